The Hall–Kier alpha value is -7.88. The number of nitrogens with zero attached hydrogens (tertiary/aromatic N) is 6. The van der Waals surface area contributed by atoms with Crippen LogP contribution in [0.3, 0.4) is 0 Å². The fourth-order valence-corrected chi connectivity index (χ4v) is 8.41. The zero-order valence-electron chi connectivity index (χ0n) is 31.4. The van der Waals surface area contributed by atoms with E-state index in [0.29, 0.717) is 23.2 Å². The van der Waals surface area contributed by atoms with Crippen molar-refractivity contribution < 1.29 is 8.83 Å². The van der Waals surface area contributed by atoms with Crippen LogP contribution in [-0.2, 0) is 0 Å². The highest BCUT2D eigenvalue weighted by molar-refractivity contribution is 7.17. The molecule has 11 aromatic rings. The van der Waals surface area contributed by atoms with Crippen molar-refractivity contribution in [2.45, 2.75) is 0 Å². The number of pyridine rings is 2. The van der Waals surface area contributed by atoms with Crippen LogP contribution >= 0.6 is 11.3 Å². The molecule has 9 heteroatoms. The highest BCUT2D eigenvalue weighted by atomic mass is 32.1. The third kappa shape index (κ3) is 6.45. The first-order valence-electron chi connectivity index (χ1n) is 19.2. The Balaban J connectivity index is 0.900. The number of thiophene rings is 1. The number of oxazole rings is 2. The van der Waals surface area contributed by atoms with Gasteiger partial charge in [0.05, 0.1) is 10.4 Å². The summed E-state index contributed by atoms with van der Waals surface area (Å²) < 4.78 is 13.1. The number of benzene rings is 6. The van der Waals surface area contributed by atoms with Gasteiger partial charge in [-0.15, -0.1) is 11.3 Å². The maximum Gasteiger partial charge on any atom is 0.247 e. The quantitative estimate of drug-likeness (QED) is 0.143. The molecule has 8 nitrogen and oxygen atoms in total. The fraction of sp³-hybridized carbons (Fsp3) is 0. The van der Waals surface area contributed by atoms with Gasteiger partial charge in [0, 0.05) is 52.0 Å². The largest absolute Gasteiger partial charge is 0.418 e. The van der Waals surface area contributed by atoms with Crippen LogP contribution in [0, 0.1) is 0 Å². The van der Waals surface area contributed by atoms with Crippen LogP contribution in [0.15, 0.2) is 203 Å². The first-order chi connectivity index (χ1) is 29.2. The number of rotatable bonds is 9. The van der Waals surface area contributed by atoms with Gasteiger partial charge in [-0.25, -0.2) is 19.9 Å². The van der Waals surface area contributed by atoms with Gasteiger partial charge in [-0.3, -0.25) is 0 Å². The standard InChI is InChI=1S/C50H32N6O2S/c1-2-8-38(9-3-1)55(40-25-17-36(18-26-40)47-53-43-10-5-30-51-49(43)57-47)39-21-13-33(14-22-39)34-15-23-41(24-16-34)56(45-12-4-7-35-29-32-59-46(35)45)42-27-19-37(20-28-42)48-54-44-11-6-31-52-50(44)58-48/h1-32H. The minimum atomic E-state index is 0.530. The number of para-hydroxylation sites is 1. The van der Waals surface area contributed by atoms with Gasteiger partial charge in [-0.2, -0.15) is 0 Å². The second kappa shape index (κ2) is 14.6. The molecule has 280 valence electrons. The van der Waals surface area contributed by atoms with Crippen LogP contribution in [0.5, 0.6) is 0 Å². The molecular formula is C50H32N6O2S. The molecule has 0 aliphatic rings. The van der Waals surface area contributed by atoms with Crippen molar-refractivity contribution in [3.05, 3.63) is 194 Å². The van der Waals surface area contributed by atoms with Crippen molar-refractivity contribution in [1.29, 1.82) is 0 Å². The Labute approximate surface area is 343 Å². The Kier molecular flexibility index (Phi) is 8.49. The van der Waals surface area contributed by atoms with E-state index in [9.17, 15) is 0 Å². The lowest BCUT2D eigenvalue weighted by atomic mass is 10.0. The number of hydrogen-bond donors (Lipinski definition) is 0. The van der Waals surface area contributed by atoms with Crippen LogP contribution in [0.25, 0.3) is 66.6 Å². The highest BCUT2D eigenvalue weighted by Crippen LogP contribution is 2.42. The van der Waals surface area contributed by atoms with E-state index in [1.165, 1.54) is 10.1 Å². The molecule has 5 aromatic heterocycles. The molecule has 0 aliphatic carbocycles. The average Bonchev–Trinajstić information content (AvgIpc) is 4.08. The van der Waals surface area contributed by atoms with Gasteiger partial charge in [-0.05, 0) is 143 Å². The summed E-state index contributed by atoms with van der Waals surface area (Å²) in [5.41, 5.74) is 12.9. The fourth-order valence-electron chi connectivity index (χ4n) is 7.50. The van der Waals surface area contributed by atoms with E-state index >= 15 is 0 Å². The molecular weight excluding hydrogens is 749 g/mol. The molecule has 0 radical (unpaired) electrons. The first-order valence-corrected chi connectivity index (χ1v) is 20.1. The molecule has 5 heterocycles. The lowest BCUT2D eigenvalue weighted by Crippen LogP contribution is -2.10. The van der Waals surface area contributed by atoms with Crippen molar-refractivity contribution in [2.75, 3.05) is 9.80 Å². The maximum atomic E-state index is 5.98. The van der Waals surface area contributed by atoms with Crippen molar-refractivity contribution >= 4 is 78.0 Å². The number of hydrogen-bond acceptors (Lipinski definition) is 9. The van der Waals surface area contributed by atoms with E-state index in [1.807, 2.05) is 42.5 Å². The van der Waals surface area contributed by atoms with Gasteiger partial charge >= 0.3 is 0 Å². The minimum Gasteiger partial charge on any atom is -0.418 e. The summed E-state index contributed by atoms with van der Waals surface area (Å²) in [4.78, 5) is 22.5. The van der Waals surface area contributed by atoms with Crippen LogP contribution in [0.1, 0.15) is 0 Å². The maximum absolute atomic E-state index is 5.98. The van der Waals surface area contributed by atoms with Crippen molar-refractivity contribution in [1.82, 2.24) is 19.9 Å². The monoisotopic (exact) mass is 780 g/mol. The molecule has 11 rings (SSSR count). The van der Waals surface area contributed by atoms with E-state index < -0.39 is 0 Å². The van der Waals surface area contributed by atoms with Gasteiger partial charge in [0.25, 0.3) is 0 Å². The van der Waals surface area contributed by atoms with Crippen LogP contribution < -0.4 is 9.80 Å². The molecule has 0 fully saturated rings. The molecule has 0 saturated carbocycles. The minimum absolute atomic E-state index is 0.530. The molecule has 0 spiro atoms. The third-order valence-corrected chi connectivity index (χ3v) is 11.3. The summed E-state index contributed by atoms with van der Waals surface area (Å²) in [6.45, 7) is 0. The van der Waals surface area contributed by atoms with Gasteiger partial charge in [-0.1, -0.05) is 54.6 Å². The van der Waals surface area contributed by atoms with Crippen molar-refractivity contribution in [3.63, 3.8) is 0 Å². The third-order valence-electron chi connectivity index (χ3n) is 10.4. The van der Waals surface area contributed by atoms with Gasteiger partial charge in [0.2, 0.25) is 23.2 Å². The van der Waals surface area contributed by atoms with E-state index in [-0.39, 0.29) is 0 Å². The average molecular weight is 781 g/mol. The van der Waals surface area contributed by atoms with E-state index in [0.717, 1.165) is 67.4 Å². The molecule has 0 saturated heterocycles. The zero-order valence-corrected chi connectivity index (χ0v) is 32.2. The van der Waals surface area contributed by atoms with E-state index in [4.69, 9.17) is 8.83 Å². The number of anilines is 6. The second-order valence-corrected chi connectivity index (χ2v) is 14.9. The molecule has 6 aromatic carbocycles. The van der Waals surface area contributed by atoms with Crippen LogP contribution in [0.2, 0.25) is 0 Å². The van der Waals surface area contributed by atoms with E-state index in [2.05, 4.69) is 169 Å². The second-order valence-electron chi connectivity index (χ2n) is 14.0. The summed E-state index contributed by atoms with van der Waals surface area (Å²) in [6.07, 6.45) is 3.43. The number of aromatic nitrogens is 4. The number of fused-ring (bicyclic) bond motifs is 3. The van der Waals surface area contributed by atoms with Gasteiger partial charge in [0.15, 0.2) is 0 Å². The smallest absolute Gasteiger partial charge is 0.247 e. The predicted molar refractivity (Wildman–Crippen MR) is 238 cm³/mol. The normalized spacial score (nSPS) is 11.4. The Morgan fingerprint density at radius 3 is 1.37 bits per heavy atom. The summed E-state index contributed by atoms with van der Waals surface area (Å²) in [5.74, 6) is 1.10. The van der Waals surface area contributed by atoms with Crippen molar-refractivity contribution in [3.8, 4) is 34.0 Å². The van der Waals surface area contributed by atoms with Gasteiger partial charge < -0.3 is 18.6 Å². The summed E-state index contributed by atoms with van der Waals surface area (Å²) in [7, 11) is 0. The van der Waals surface area contributed by atoms with Crippen molar-refractivity contribution in [2.24, 2.45) is 0 Å². The lowest BCUT2D eigenvalue weighted by molar-refractivity contribution is 0.607. The summed E-state index contributed by atoms with van der Waals surface area (Å²) in [6, 6.07) is 60.7. The Morgan fingerprint density at radius 1 is 0.390 bits per heavy atom. The van der Waals surface area contributed by atoms with Crippen LogP contribution in [0.4, 0.5) is 34.1 Å². The van der Waals surface area contributed by atoms with Crippen LogP contribution in [-0.4, -0.2) is 19.9 Å². The molecule has 0 bridgehead atoms. The molecule has 0 atom stereocenters. The van der Waals surface area contributed by atoms with Gasteiger partial charge in [0.1, 0.15) is 11.0 Å². The first kappa shape index (κ1) is 34.4. The topological polar surface area (TPSA) is 84.3 Å². The molecule has 0 unspecified atom stereocenters. The SMILES string of the molecule is c1ccc(N(c2ccc(-c3ccc(N(c4ccc(-c5nc6cccnc6o5)cc4)c4cccc5ccsc45)cc3)cc2)c2ccc(-c3nc4cccnc4o3)cc2)cc1. The summed E-state index contributed by atoms with van der Waals surface area (Å²) >= 11 is 1.75. The predicted octanol–water partition coefficient (Wildman–Crippen LogP) is 13.9. The molecule has 0 N–H and O–H groups in total. The molecule has 0 aliphatic heterocycles. The summed E-state index contributed by atoms with van der Waals surface area (Å²) in [5, 5.41) is 3.36. The Bertz CT molecular complexity index is 3150. The highest BCUT2D eigenvalue weighted by Gasteiger charge is 2.19. The lowest BCUT2D eigenvalue weighted by Gasteiger charge is -2.26. The Morgan fingerprint density at radius 2 is 0.864 bits per heavy atom. The molecule has 0 amide bonds. The zero-order chi connectivity index (χ0) is 39.1. The molecule has 59 heavy (non-hydrogen) atoms. The van der Waals surface area contributed by atoms with E-state index in [1.54, 1.807) is 23.7 Å².